The Kier molecular flexibility index (Phi) is 56.9. The van der Waals surface area contributed by atoms with Crippen LogP contribution in [0, 0.1) is 53.3 Å². The van der Waals surface area contributed by atoms with Crippen LogP contribution in [0.3, 0.4) is 0 Å². The third kappa shape index (κ3) is 80.6. The second kappa shape index (κ2) is 49.3. The number of carbonyl (C=O) groups excluding carboxylic acids is 1. The van der Waals surface area contributed by atoms with E-state index in [1.54, 1.807) is 13.8 Å². The van der Waals surface area contributed by atoms with Crippen molar-refractivity contribution in [1.29, 1.82) is 0 Å². The van der Waals surface area contributed by atoms with E-state index in [4.69, 9.17) is 9.84 Å². The molecule has 2 rings (SSSR count). The minimum Gasteiger partial charge on any atom is -0.463 e. The van der Waals surface area contributed by atoms with Crippen molar-refractivity contribution in [3.63, 3.8) is 0 Å². The zero-order valence-electron chi connectivity index (χ0n) is 47.5. The van der Waals surface area contributed by atoms with Crippen molar-refractivity contribution in [2.45, 2.75) is 254 Å². The lowest BCUT2D eigenvalue weighted by Gasteiger charge is -2.24. The molecule has 1 saturated carbocycles. The predicted molar refractivity (Wildman–Crippen MR) is 291 cm³/mol. The molecule has 64 heavy (non-hydrogen) atoms. The van der Waals surface area contributed by atoms with Crippen molar-refractivity contribution in [2.24, 2.45) is 53.3 Å². The van der Waals surface area contributed by atoms with Crippen molar-refractivity contribution in [3.8, 4) is 0 Å². The summed E-state index contributed by atoms with van der Waals surface area (Å²) < 4.78 is 27.3. The zero-order chi connectivity index (χ0) is 51.4. The number of sulfone groups is 1. The summed E-state index contributed by atoms with van der Waals surface area (Å²) in [7, 11) is -2.78. The molecule has 0 atom stereocenters. The van der Waals surface area contributed by atoms with Gasteiger partial charge in [0, 0.05) is 6.10 Å². The van der Waals surface area contributed by atoms with E-state index in [9.17, 15) is 13.2 Å². The SMILES string of the molecule is C=CCC(=O)OC(C)C.CC(C)C.CC(C)C1CCCCC1.CC(C)CCCC(C)C.CC(C)CCCC(C)C.CC(C)CS(=O)(=O)CC(C)C.CC(C)O.CC(C)c1ccccc1. The van der Waals surface area contributed by atoms with Crippen LogP contribution in [-0.2, 0) is 19.4 Å². The summed E-state index contributed by atoms with van der Waals surface area (Å²) in [5.41, 5.74) is 1.41. The number of aliphatic hydroxyl groups is 1. The molecule has 1 aliphatic carbocycles. The molecule has 0 heterocycles. The highest BCUT2D eigenvalue weighted by molar-refractivity contribution is 7.91. The van der Waals surface area contributed by atoms with Crippen LogP contribution in [0.2, 0.25) is 0 Å². The molecule has 0 aromatic heterocycles. The number of benzene rings is 1. The number of rotatable bonds is 17. The fourth-order valence-electron chi connectivity index (χ4n) is 6.02. The quantitative estimate of drug-likeness (QED) is 0.124. The van der Waals surface area contributed by atoms with Gasteiger partial charge in [-0.15, -0.1) is 6.58 Å². The summed E-state index contributed by atoms with van der Waals surface area (Å²) in [5, 5.41) is 8.06. The molecule has 0 aliphatic heterocycles. The first-order valence-corrected chi connectivity index (χ1v) is 27.9. The first kappa shape index (κ1) is 73.9. The summed E-state index contributed by atoms with van der Waals surface area (Å²) in [6.45, 7) is 52.2. The minimum absolute atomic E-state index is 0.0163. The van der Waals surface area contributed by atoms with Crippen molar-refractivity contribution in [2.75, 3.05) is 11.5 Å². The van der Waals surface area contributed by atoms with E-state index in [2.05, 4.69) is 135 Å². The first-order valence-electron chi connectivity index (χ1n) is 26.1. The smallest absolute Gasteiger partial charge is 0.309 e. The maximum absolute atomic E-state index is 11.3. The van der Waals surface area contributed by atoms with Gasteiger partial charge in [0.25, 0.3) is 0 Å². The lowest BCUT2D eigenvalue weighted by Crippen LogP contribution is -2.18. The standard InChI is InChI=1S/C9H18.C9H12.2C9H20.C8H18O2S.C7H12O2.C4H10.C3H8O/c2*1-8(2)9-6-4-3-5-7-9;2*1-8(2)6-5-7-9(3)4;1-7(2)5-11(9,10)6-8(3)4;1-4-5-7(8)9-6(2)3;1-4(2)3;1-3(2)4/h8-9H,3-7H2,1-2H3;3-8H,1-2H3;2*8-9H,5-7H2,1-4H3;7-8H,5-6H2,1-4H3;4,6H,1,5H2,2-3H3;4H,1-3H3;3-4H,1-2H3. The number of hydrogen-bond donors (Lipinski definition) is 1. The van der Waals surface area contributed by atoms with Crippen molar-refractivity contribution in [3.05, 3.63) is 48.6 Å². The monoisotopic (exact) mass is 927 g/mol. The fraction of sp³-hybridized carbons (Fsp3) is 0.845. The predicted octanol–water partition coefficient (Wildman–Crippen LogP) is 18.2. The molecule has 1 aromatic rings. The largest absolute Gasteiger partial charge is 0.463 e. The number of esters is 1. The maximum Gasteiger partial charge on any atom is 0.309 e. The molecular weight excluding hydrogens is 809 g/mol. The highest BCUT2D eigenvalue weighted by atomic mass is 32.2. The third-order valence-electron chi connectivity index (χ3n) is 9.04. The lowest BCUT2D eigenvalue weighted by atomic mass is 9.82. The van der Waals surface area contributed by atoms with Crippen LogP contribution in [-0.4, -0.2) is 43.2 Å². The summed E-state index contributed by atoms with van der Waals surface area (Å²) in [5.74, 6) is 7.99. The van der Waals surface area contributed by atoms with Crippen LogP contribution in [0.5, 0.6) is 0 Å². The van der Waals surface area contributed by atoms with E-state index in [1.807, 2.05) is 47.6 Å². The molecule has 1 N–H and O–H groups in total. The molecule has 1 aliphatic rings. The Morgan fingerprint density at radius 1 is 0.609 bits per heavy atom. The Bertz CT molecular complexity index is 1110. The Labute approximate surface area is 404 Å². The average Bonchev–Trinajstić information content (AvgIpc) is 3.11. The summed E-state index contributed by atoms with van der Waals surface area (Å²) in [6, 6.07) is 10.5. The molecule has 1 aromatic carbocycles. The fourth-order valence-corrected chi connectivity index (χ4v) is 8.19. The summed E-state index contributed by atoms with van der Waals surface area (Å²) in [6.07, 6.45) is 17.5. The summed E-state index contributed by atoms with van der Waals surface area (Å²) in [4.78, 5) is 10.6. The van der Waals surface area contributed by atoms with Gasteiger partial charge in [-0.25, -0.2) is 8.42 Å². The van der Waals surface area contributed by atoms with Gasteiger partial charge >= 0.3 is 5.97 Å². The van der Waals surface area contributed by atoms with Crippen molar-refractivity contribution < 1.29 is 23.1 Å². The summed E-state index contributed by atoms with van der Waals surface area (Å²) >= 11 is 0. The van der Waals surface area contributed by atoms with Gasteiger partial charge in [0.2, 0.25) is 0 Å². The van der Waals surface area contributed by atoms with E-state index in [-0.39, 0.29) is 30.0 Å². The van der Waals surface area contributed by atoms with Gasteiger partial charge in [-0.05, 0) is 92.4 Å². The van der Waals surface area contributed by atoms with Gasteiger partial charge in [-0.3, -0.25) is 4.79 Å². The molecule has 5 nitrogen and oxygen atoms in total. The zero-order valence-corrected chi connectivity index (χ0v) is 48.3. The Hall–Kier alpha value is -1.66. The Balaban J connectivity index is -0.000000153. The normalized spacial score (nSPS) is 12.5. The van der Waals surface area contributed by atoms with Gasteiger partial charge < -0.3 is 9.84 Å². The van der Waals surface area contributed by atoms with Crippen LogP contribution >= 0.6 is 0 Å². The van der Waals surface area contributed by atoms with E-state index in [0.717, 1.165) is 41.4 Å². The van der Waals surface area contributed by atoms with E-state index >= 15 is 0 Å². The molecule has 386 valence electrons. The number of aliphatic hydroxyl groups excluding tert-OH is 1. The molecule has 0 unspecified atom stereocenters. The molecule has 0 amide bonds. The highest BCUT2D eigenvalue weighted by Gasteiger charge is 2.16. The third-order valence-corrected chi connectivity index (χ3v) is 11.4. The molecule has 6 heteroatoms. The second-order valence-corrected chi connectivity index (χ2v) is 24.5. The Morgan fingerprint density at radius 3 is 1.14 bits per heavy atom. The lowest BCUT2D eigenvalue weighted by molar-refractivity contribution is -0.146. The van der Waals surface area contributed by atoms with Crippen molar-refractivity contribution >= 4 is 15.8 Å². The van der Waals surface area contributed by atoms with Crippen molar-refractivity contribution in [1.82, 2.24) is 0 Å². The van der Waals surface area contributed by atoms with Crippen LogP contribution < -0.4 is 0 Å². The second-order valence-electron chi connectivity index (χ2n) is 22.4. The van der Waals surface area contributed by atoms with Gasteiger partial charge in [-0.1, -0.05) is 239 Å². The maximum atomic E-state index is 11.3. The molecular formula is C58H118O5S. The molecule has 1 fully saturated rings. The van der Waals surface area contributed by atoms with Crippen LogP contribution in [0.15, 0.2) is 43.0 Å². The van der Waals surface area contributed by atoms with E-state index in [1.165, 1.54) is 82.3 Å². The minimum atomic E-state index is -2.78. The Morgan fingerprint density at radius 2 is 0.938 bits per heavy atom. The van der Waals surface area contributed by atoms with Crippen LogP contribution in [0.25, 0.3) is 0 Å². The van der Waals surface area contributed by atoms with Crippen LogP contribution in [0.4, 0.5) is 0 Å². The highest BCUT2D eigenvalue weighted by Crippen LogP contribution is 2.29. The topological polar surface area (TPSA) is 80.7 Å². The van der Waals surface area contributed by atoms with Gasteiger partial charge in [0.1, 0.15) is 0 Å². The molecule has 0 spiro atoms. The number of hydrogen-bond acceptors (Lipinski definition) is 5. The number of ether oxygens (including phenoxy) is 1. The van der Waals surface area contributed by atoms with Gasteiger partial charge in [-0.2, -0.15) is 0 Å². The molecule has 0 saturated heterocycles. The van der Waals surface area contributed by atoms with E-state index in [0.29, 0.717) is 23.8 Å². The van der Waals surface area contributed by atoms with Gasteiger partial charge in [0.15, 0.2) is 9.84 Å². The van der Waals surface area contributed by atoms with Gasteiger partial charge in [0.05, 0.1) is 24.0 Å². The average molecular weight is 928 g/mol. The first-order chi connectivity index (χ1) is 29.3. The molecule has 0 radical (unpaired) electrons. The molecule has 0 bridgehead atoms. The van der Waals surface area contributed by atoms with E-state index < -0.39 is 9.84 Å². The van der Waals surface area contributed by atoms with Crippen LogP contribution in [0.1, 0.15) is 248 Å². The number of carbonyl (C=O) groups is 1.